The van der Waals surface area contributed by atoms with Crippen LogP contribution in [-0.4, -0.2) is 18.8 Å². The molecule has 0 radical (unpaired) electrons. The standard InChI is InChI=1S/C12H18O2/c1-8-5-6-11(9(2)7-13)10(3)12(8)14-4/h5-6,9,13H,7H2,1-4H3. The molecule has 1 aromatic carbocycles. The fraction of sp³-hybridized carbons (Fsp3) is 0.500. The molecule has 0 spiro atoms. The Morgan fingerprint density at radius 2 is 2.00 bits per heavy atom. The number of aliphatic hydroxyl groups is 1. The molecule has 0 aliphatic heterocycles. The third-order valence-electron chi connectivity index (χ3n) is 2.65. The molecule has 0 aromatic heterocycles. The maximum Gasteiger partial charge on any atom is 0.124 e. The summed E-state index contributed by atoms with van der Waals surface area (Å²) in [5.41, 5.74) is 3.43. The summed E-state index contributed by atoms with van der Waals surface area (Å²) in [6.45, 7) is 6.25. The van der Waals surface area contributed by atoms with Gasteiger partial charge in [-0.1, -0.05) is 19.1 Å². The lowest BCUT2D eigenvalue weighted by Crippen LogP contribution is -2.03. The first kappa shape index (κ1) is 11.1. The summed E-state index contributed by atoms with van der Waals surface area (Å²) >= 11 is 0. The van der Waals surface area contributed by atoms with Crippen LogP contribution in [0.5, 0.6) is 5.75 Å². The van der Waals surface area contributed by atoms with E-state index in [0.717, 1.165) is 22.4 Å². The van der Waals surface area contributed by atoms with Gasteiger partial charge in [-0.15, -0.1) is 0 Å². The van der Waals surface area contributed by atoms with Gasteiger partial charge < -0.3 is 9.84 Å². The summed E-state index contributed by atoms with van der Waals surface area (Å²) in [5, 5.41) is 9.10. The van der Waals surface area contributed by atoms with Crippen molar-refractivity contribution in [3.63, 3.8) is 0 Å². The Bertz CT molecular complexity index is 318. The first-order valence-corrected chi connectivity index (χ1v) is 4.86. The first-order valence-electron chi connectivity index (χ1n) is 4.86. The van der Waals surface area contributed by atoms with E-state index in [0.29, 0.717) is 0 Å². The molecule has 1 N–H and O–H groups in total. The highest BCUT2D eigenvalue weighted by molar-refractivity contribution is 5.46. The highest BCUT2D eigenvalue weighted by Gasteiger charge is 2.12. The normalized spacial score (nSPS) is 12.6. The lowest BCUT2D eigenvalue weighted by atomic mass is 9.94. The summed E-state index contributed by atoms with van der Waals surface area (Å²) in [6.07, 6.45) is 0. The van der Waals surface area contributed by atoms with E-state index in [1.165, 1.54) is 0 Å². The van der Waals surface area contributed by atoms with Gasteiger partial charge in [-0.2, -0.15) is 0 Å². The van der Waals surface area contributed by atoms with E-state index in [2.05, 4.69) is 6.07 Å². The van der Waals surface area contributed by atoms with Crippen LogP contribution >= 0.6 is 0 Å². The minimum Gasteiger partial charge on any atom is -0.496 e. The predicted octanol–water partition coefficient (Wildman–Crippen LogP) is 2.41. The summed E-state index contributed by atoms with van der Waals surface area (Å²) in [5.74, 6) is 1.10. The number of ether oxygens (including phenoxy) is 1. The molecule has 0 aliphatic rings. The Morgan fingerprint density at radius 1 is 1.36 bits per heavy atom. The van der Waals surface area contributed by atoms with Crippen LogP contribution in [0.4, 0.5) is 0 Å². The van der Waals surface area contributed by atoms with Gasteiger partial charge in [0.15, 0.2) is 0 Å². The molecule has 2 nitrogen and oxygen atoms in total. The molecule has 0 saturated carbocycles. The SMILES string of the molecule is COc1c(C)ccc(C(C)CO)c1C. The van der Waals surface area contributed by atoms with Crippen molar-refractivity contribution in [3.8, 4) is 5.75 Å². The molecule has 0 bridgehead atoms. The van der Waals surface area contributed by atoms with E-state index in [4.69, 9.17) is 9.84 Å². The summed E-state index contributed by atoms with van der Waals surface area (Å²) in [7, 11) is 1.68. The van der Waals surface area contributed by atoms with E-state index >= 15 is 0 Å². The molecule has 0 amide bonds. The average Bonchev–Trinajstić information content (AvgIpc) is 2.18. The monoisotopic (exact) mass is 194 g/mol. The zero-order chi connectivity index (χ0) is 10.7. The highest BCUT2D eigenvalue weighted by Crippen LogP contribution is 2.29. The fourth-order valence-corrected chi connectivity index (χ4v) is 1.79. The maximum atomic E-state index is 9.10. The number of hydrogen-bond donors (Lipinski definition) is 1. The zero-order valence-corrected chi connectivity index (χ0v) is 9.29. The van der Waals surface area contributed by atoms with Gasteiger partial charge in [0.1, 0.15) is 5.75 Å². The minimum atomic E-state index is 0.171. The van der Waals surface area contributed by atoms with Crippen LogP contribution in [0.25, 0.3) is 0 Å². The van der Waals surface area contributed by atoms with Gasteiger partial charge >= 0.3 is 0 Å². The largest absolute Gasteiger partial charge is 0.496 e. The number of benzene rings is 1. The maximum absolute atomic E-state index is 9.10. The lowest BCUT2D eigenvalue weighted by Gasteiger charge is -2.16. The predicted molar refractivity (Wildman–Crippen MR) is 58.0 cm³/mol. The van der Waals surface area contributed by atoms with Gasteiger partial charge in [0.25, 0.3) is 0 Å². The van der Waals surface area contributed by atoms with E-state index in [1.54, 1.807) is 7.11 Å². The van der Waals surface area contributed by atoms with Crippen molar-refractivity contribution >= 4 is 0 Å². The average molecular weight is 194 g/mol. The van der Waals surface area contributed by atoms with Crippen molar-refractivity contribution in [2.24, 2.45) is 0 Å². The Hall–Kier alpha value is -1.02. The topological polar surface area (TPSA) is 29.5 Å². The van der Waals surface area contributed by atoms with Crippen molar-refractivity contribution in [3.05, 3.63) is 28.8 Å². The van der Waals surface area contributed by atoms with E-state index in [1.807, 2.05) is 26.8 Å². The van der Waals surface area contributed by atoms with Crippen LogP contribution in [0, 0.1) is 13.8 Å². The third-order valence-corrected chi connectivity index (χ3v) is 2.65. The van der Waals surface area contributed by atoms with Gasteiger partial charge in [0.05, 0.1) is 7.11 Å². The Kier molecular flexibility index (Phi) is 3.53. The molecule has 1 rings (SSSR count). The zero-order valence-electron chi connectivity index (χ0n) is 9.29. The molecule has 0 fully saturated rings. The number of methoxy groups -OCH3 is 1. The van der Waals surface area contributed by atoms with Crippen LogP contribution in [0.2, 0.25) is 0 Å². The number of aliphatic hydroxyl groups excluding tert-OH is 1. The second kappa shape index (κ2) is 4.47. The van der Waals surface area contributed by atoms with E-state index < -0.39 is 0 Å². The van der Waals surface area contributed by atoms with Crippen LogP contribution in [0.15, 0.2) is 12.1 Å². The summed E-state index contributed by atoms with van der Waals surface area (Å²) < 4.78 is 5.33. The molecular formula is C12H18O2. The van der Waals surface area contributed by atoms with Crippen molar-refractivity contribution in [1.29, 1.82) is 0 Å². The molecule has 0 heterocycles. The fourth-order valence-electron chi connectivity index (χ4n) is 1.79. The molecule has 14 heavy (non-hydrogen) atoms. The van der Waals surface area contributed by atoms with Crippen molar-refractivity contribution in [2.45, 2.75) is 26.7 Å². The van der Waals surface area contributed by atoms with Crippen molar-refractivity contribution < 1.29 is 9.84 Å². The smallest absolute Gasteiger partial charge is 0.124 e. The summed E-state index contributed by atoms with van der Waals surface area (Å²) in [6, 6.07) is 4.10. The van der Waals surface area contributed by atoms with E-state index in [9.17, 15) is 0 Å². The number of rotatable bonds is 3. The Labute approximate surface area is 85.5 Å². The highest BCUT2D eigenvalue weighted by atomic mass is 16.5. The second-order valence-corrected chi connectivity index (χ2v) is 3.71. The van der Waals surface area contributed by atoms with Gasteiger partial charge in [0.2, 0.25) is 0 Å². The van der Waals surface area contributed by atoms with Crippen LogP contribution in [0.1, 0.15) is 29.5 Å². The number of aryl methyl sites for hydroxylation is 1. The van der Waals surface area contributed by atoms with Gasteiger partial charge in [-0.3, -0.25) is 0 Å². The van der Waals surface area contributed by atoms with Gasteiger partial charge in [-0.25, -0.2) is 0 Å². The van der Waals surface area contributed by atoms with E-state index in [-0.39, 0.29) is 12.5 Å². The van der Waals surface area contributed by atoms with Crippen LogP contribution in [-0.2, 0) is 0 Å². The van der Waals surface area contributed by atoms with Crippen molar-refractivity contribution in [1.82, 2.24) is 0 Å². The number of hydrogen-bond acceptors (Lipinski definition) is 2. The molecule has 0 aliphatic carbocycles. The quantitative estimate of drug-likeness (QED) is 0.800. The second-order valence-electron chi connectivity index (χ2n) is 3.71. The van der Waals surface area contributed by atoms with Gasteiger partial charge in [0, 0.05) is 12.5 Å². The van der Waals surface area contributed by atoms with Crippen LogP contribution in [0.3, 0.4) is 0 Å². The summed E-state index contributed by atoms with van der Waals surface area (Å²) in [4.78, 5) is 0. The molecule has 1 atom stereocenters. The molecule has 0 saturated heterocycles. The Balaban J connectivity index is 3.21. The third kappa shape index (κ3) is 1.90. The Morgan fingerprint density at radius 3 is 2.50 bits per heavy atom. The first-order chi connectivity index (χ1) is 6.61. The van der Waals surface area contributed by atoms with Crippen LogP contribution < -0.4 is 4.74 Å². The lowest BCUT2D eigenvalue weighted by molar-refractivity contribution is 0.272. The van der Waals surface area contributed by atoms with Crippen molar-refractivity contribution in [2.75, 3.05) is 13.7 Å². The molecule has 2 heteroatoms. The van der Waals surface area contributed by atoms with Gasteiger partial charge in [-0.05, 0) is 30.5 Å². The molecule has 1 aromatic rings. The molecular weight excluding hydrogens is 176 g/mol. The minimum absolute atomic E-state index is 0.171. The molecule has 1 unspecified atom stereocenters. The molecule has 78 valence electrons.